The quantitative estimate of drug-likeness (QED) is 0.592. The molecule has 1 aromatic heterocycles. The van der Waals surface area contributed by atoms with E-state index in [4.69, 9.17) is 10.7 Å². The van der Waals surface area contributed by atoms with Gasteiger partial charge in [-0.15, -0.1) is 0 Å². The fourth-order valence-electron chi connectivity index (χ4n) is 0.842. The summed E-state index contributed by atoms with van der Waals surface area (Å²) in [5.41, 5.74) is -1.30. The van der Waals surface area contributed by atoms with Gasteiger partial charge in [0.25, 0.3) is 15.5 Å². The summed E-state index contributed by atoms with van der Waals surface area (Å²) in [5.74, 6) is -1.54. The van der Waals surface area contributed by atoms with Crippen LogP contribution in [0.1, 0.15) is 12.0 Å². The number of halogens is 4. The molecule has 0 bridgehead atoms. The van der Waals surface area contributed by atoms with Crippen LogP contribution in [0.4, 0.5) is 13.2 Å². The highest BCUT2D eigenvalue weighted by Crippen LogP contribution is 2.29. The van der Waals surface area contributed by atoms with Gasteiger partial charge in [0.15, 0.2) is 0 Å². The summed E-state index contributed by atoms with van der Waals surface area (Å²) in [6, 6.07) is 0.715. The molecular formula is C6H3ClF3NO2S. The SMILES string of the molecule is O=S(=O)(Cl)c1ccnc(F)c1C(F)F. The van der Waals surface area contributed by atoms with Gasteiger partial charge in [-0.05, 0) is 6.07 Å². The summed E-state index contributed by atoms with van der Waals surface area (Å²) < 4.78 is 58.6. The van der Waals surface area contributed by atoms with E-state index in [0.29, 0.717) is 6.07 Å². The fraction of sp³-hybridized carbons (Fsp3) is 0.167. The van der Waals surface area contributed by atoms with Gasteiger partial charge in [-0.25, -0.2) is 22.2 Å². The van der Waals surface area contributed by atoms with Crippen molar-refractivity contribution in [1.82, 2.24) is 4.98 Å². The molecule has 3 nitrogen and oxygen atoms in total. The number of rotatable bonds is 2. The van der Waals surface area contributed by atoms with Gasteiger partial charge in [0, 0.05) is 16.9 Å². The van der Waals surface area contributed by atoms with Crippen LogP contribution in [0.25, 0.3) is 0 Å². The van der Waals surface area contributed by atoms with Crippen molar-refractivity contribution in [1.29, 1.82) is 0 Å². The normalized spacial score (nSPS) is 12.1. The summed E-state index contributed by atoms with van der Waals surface area (Å²) in [5, 5.41) is 0. The lowest BCUT2D eigenvalue weighted by Gasteiger charge is -2.05. The highest BCUT2D eigenvalue weighted by atomic mass is 35.7. The predicted octanol–water partition coefficient (Wildman–Crippen LogP) is 2.09. The molecule has 0 saturated carbocycles. The first-order valence-corrected chi connectivity index (χ1v) is 5.52. The zero-order chi connectivity index (χ0) is 10.9. The van der Waals surface area contributed by atoms with E-state index < -0.39 is 31.9 Å². The number of pyridine rings is 1. The molecule has 0 spiro atoms. The van der Waals surface area contributed by atoms with E-state index in [1.807, 2.05) is 0 Å². The van der Waals surface area contributed by atoms with Crippen LogP contribution in [-0.4, -0.2) is 13.4 Å². The van der Waals surface area contributed by atoms with Crippen molar-refractivity contribution in [3.63, 3.8) is 0 Å². The number of alkyl halides is 2. The first-order valence-electron chi connectivity index (χ1n) is 3.21. The summed E-state index contributed by atoms with van der Waals surface area (Å²) in [7, 11) is 0.435. The Morgan fingerprint density at radius 1 is 1.43 bits per heavy atom. The number of hydrogen-bond donors (Lipinski definition) is 0. The highest BCUT2D eigenvalue weighted by molar-refractivity contribution is 8.13. The molecule has 0 fully saturated rings. The van der Waals surface area contributed by atoms with E-state index in [-0.39, 0.29) is 0 Å². The van der Waals surface area contributed by atoms with Crippen molar-refractivity contribution in [2.24, 2.45) is 0 Å². The first kappa shape index (κ1) is 11.3. The maximum atomic E-state index is 12.7. The Balaban J connectivity index is 3.52. The third kappa shape index (κ3) is 2.16. The van der Waals surface area contributed by atoms with Gasteiger partial charge in [-0.1, -0.05) is 0 Å². The van der Waals surface area contributed by atoms with Gasteiger partial charge in [0.05, 0.1) is 10.5 Å². The van der Waals surface area contributed by atoms with Crippen molar-refractivity contribution < 1.29 is 21.6 Å². The molecule has 8 heteroatoms. The van der Waals surface area contributed by atoms with Crippen LogP contribution < -0.4 is 0 Å². The average Bonchev–Trinajstić information content (AvgIpc) is 2.01. The van der Waals surface area contributed by atoms with E-state index in [2.05, 4.69) is 4.98 Å². The number of hydrogen-bond acceptors (Lipinski definition) is 3. The van der Waals surface area contributed by atoms with Crippen molar-refractivity contribution >= 4 is 19.7 Å². The zero-order valence-electron chi connectivity index (χ0n) is 6.42. The molecule has 14 heavy (non-hydrogen) atoms. The summed E-state index contributed by atoms with van der Waals surface area (Å²) in [4.78, 5) is 1.95. The summed E-state index contributed by atoms with van der Waals surface area (Å²) in [6.45, 7) is 0. The molecule has 0 radical (unpaired) electrons. The molecule has 0 amide bonds. The molecule has 0 aliphatic heterocycles. The van der Waals surface area contributed by atoms with Gasteiger partial charge in [0.1, 0.15) is 0 Å². The molecule has 1 heterocycles. The molecule has 1 aromatic rings. The van der Waals surface area contributed by atoms with Gasteiger partial charge in [-0.3, -0.25) is 0 Å². The smallest absolute Gasteiger partial charge is 0.228 e. The van der Waals surface area contributed by atoms with E-state index in [9.17, 15) is 21.6 Å². The van der Waals surface area contributed by atoms with Gasteiger partial charge in [0.2, 0.25) is 5.95 Å². The maximum absolute atomic E-state index is 12.7. The van der Waals surface area contributed by atoms with Gasteiger partial charge >= 0.3 is 0 Å². The van der Waals surface area contributed by atoms with E-state index in [0.717, 1.165) is 6.20 Å². The average molecular weight is 246 g/mol. The maximum Gasteiger partial charge on any atom is 0.269 e. The molecule has 78 valence electrons. The minimum absolute atomic E-state index is 0.715. The molecule has 0 unspecified atom stereocenters. The number of nitrogens with zero attached hydrogens (tertiary/aromatic N) is 1. The molecule has 0 aliphatic carbocycles. The predicted molar refractivity (Wildman–Crippen MR) is 42.2 cm³/mol. The molecule has 0 N–H and O–H groups in total. The third-order valence-corrected chi connectivity index (χ3v) is 2.76. The minimum atomic E-state index is -4.39. The fourth-order valence-corrected chi connectivity index (χ4v) is 1.90. The Labute approximate surface area is 81.9 Å². The Bertz CT molecular complexity index is 448. The van der Waals surface area contributed by atoms with Crippen LogP contribution in [0.2, 0.25) is 0 Å². The molecule has 0 atom stereocenters. The van der Waals surface area contributed by atoms with Crippen LogP contribution in [0.3, 0.4) is 0 Å². The first-order chi connectivity index (χ1) is 6.34. The summed E-state index contributed by atoms with van der Waals surface area (Å²) in [6.07, 6.45) is -2.54. The van der Waals surface area contributed by atoms with Crippen LogP contribution in [-0.2, 0) is 9.05 Å². The zero-order valence-corrected chi connectivity index (χ0v) is 7.99. The molecule has 0 aromatic carbocycles. The lowest BCUT2D eigenvalue weighted by atomic mass is 10.3. The standard InChI is InChI=1S/C6H3ClF3NO2S/c7-14(12,13)3-1-2-11-6(10)4(3)5(8)9/h1-2,5H. The summed E-state index contributed by atoms with van der Waals surface area (Å²) >= 11 is 0. The van der Waals surface area contributed by atoms with E-state index in [1.54, 1.807) is 0 Å². The highest BCUT2D eigenvalue weighted by Gasteiger charge is 2.25. The third-order valence-electron chi connectivity index (χ3n) is 1.38. The van der Waals surface area contributed by atoms with Crippen molar-refractivity contribution in [2.45, 2.75) is 11.3 Å². The second kappa shape index (κ2) is 3.74. The molecular weight excluding hydrogens is 243 g/mol. The Kier molecular flexibility index (Phi) is 3.01. The monoisotopic (exact) mass is 245 g/mol. The van der Waals surface area contributed by atoms with Crippen LogP contribution in [0.15, 0.2) is 17.2 Å². The van der Waals surface area contributed by atoms with Gasteiger partial charge < -0.3 is 0 Å². The molecule has 1 rings (SSSR count). The van der Waals surface area contributed by atoms with Crippen LogP contribution >= 0.6 is 10.7 Å². The largest absolute Gasteiger partial charge is 0.269 e. The molecule has 0 saturated heterocycles. The Hall–Kier alpha value is -0.820. The van der Waals surface area contributed by atoms with E-state index in [1.165, 1.54) is 0 Å². The minimum Gasteiger partial charge on any atom is -0.228 e. The van der Waals surface area contributed by atoms with Crippen molar-refractivity contribution in [2.75, 3.05) is 0 Å². The second-order valence-corrected chi connectivity index (χ2v) is 4.79. The number of aromatic nitrogens is 1. The van der Waals surface area contributed by atoms with Crippen molar-refractivity contribution in [3.05, 3.63) is 23.8 Å². The van der Waals surface area contributed by atoms with E-state index >= 15 is 0 Å². The topological polar surface area (TPSA) is 47.0 Å². The second-order valence-electron chi connectivity index (χ2n) is 2.25. The van der Waals surface area contributed by atoms with Crippen LogP contribution in [0.5, 0.6) is 0 Å². The lowest BCUT2D eigenvalue weighted by Crippen LogP contribution is -2.03. The molecule has 0 aliphatic rings. The van der Waals surface area contributed by atoms with Crippen LogP contribution in [0, 0.1) is 5.95 Å². The Morgan fingerprint density at radius 3 is 2.36 bits per heavy atom. The Morgan fingerprint density at radius 2 is 2.00 bits per heavy atom. The van der Waals surface area contributed by atoms with Crippen molar-refractivity contribution in [3.8, 4) is 0 Å². The van der Waals surface area contributed by atoms with Gasteiger partial charge in [-0.2, -0.15) is 4.39 Å². The lowest BCUT2D eigenvalue weighted by molar-refractivity contribution is 0.141.